The lowest BCUT2D eigenvalue weighted by molar-refractivity contribution is -0.151. The van der Waals surface area contributed by atoms with Crippen molar-refractivity contribution >= 4 is 35.9 Å². The van der Waals surface area contributed by atoms with Crippen LogP contribution in [0, 0.1) is 0 Å². The van der Waals surface area contributed by atoms with Crippen LogP contribution in [0.2, 0.25) is 0 Å². The Bertz CT molecular complexity index is 1640. The summed E-state index contributed by atoms with van der Waals surface area (Å²) < 4.78 is 18.9. The molecule has 3 fully saturated rings. The highest BCUT2D eigenvalue weighted by Crippen LogP contribution is 2.42. The average molecular weight is 632 g/mol. The monoisotopic (exact) mass is 631 g/mol. The highest BCUT2D eigenvalue weighted by atomic mass is 16.6. The number of carbonyl (C=O) groups excluding carboxylic acids is 2. The molecule has 5 heterocycles. The van der Waals surface area contributed by atoms with Gasteiger partial charge in [-0.2, -0.15) is 14.8 Å². The molecule has 1 aromatic carbocycles. The number of carbonyl (C=O) groups is 2. The number of imidazole rings is 1. The van der Waals surface area contributed by atoms with Gasteiger partial charge < -0.3 is 24.8 Å². The minimum atomic E-state index is -1.04. The largest absolute Gasteiger partial charge is 0.457 e. The fourth-order valence-electron chi connectivity index (χ4n) is 6.65. The van der Waals surface area contributed by atoms with Crippen molar-refractivity contribution in [3.05, 3.63) is 48.0 Å². The maximum Gasteiger partial charge on any atom is 0.293 e. The molecule has 2 saturated heterocycles. The molecule has 4 aromatic rings. The molecule has 16 nitrogen and oxygen atoms in total. The van der Waals surface area contributed by atoms with Crippen LogP contribution >= 0.6 is 0 Å². The molecule has 5 atom stereocenters. The topological polar surface area (TPSA) is 176 Å². The molecular weight excluding hydrogens is 594 g/mol. The Morgan fingerprint density at radius 3 is 2.57 bits per heavy atom. The molecule has 242 valence electrons. The van der Waals surface area contributed by atoms with E-state index in [1.54, 1.807) is 10.9 Å². The second-order valence-corrected chi connectivity index (χ2v) is 11.9. The third kappa shape index (κ3) is 6.09. The number of tetrazole rings is 1. The summed E-state index contributed by atoms with van der Waals surface area (Å²) in [6.07, 6.45) is 2.91. The SMILES string of the molecule is CCn1nnc([C@H]2O[C@@H](n3cnc4c(NC5CCCC5)nc(NC5CCN(Cc6ccccc6)C5)nc43)[C@H](OC=O)[C@@H]2OC=O)n1. The van der Waals surface area contributed by atoms with Crippen molar-refractivity contribution in [1.29, 1.82) is 0 Å². The molecule has 0 spiro atoms. The number of benzene rings is 1. The molecule has 0 radical (unpaired) electrons. The van der Waals surface area contributed by atoms with Crippen LogP contribution in [0.15, 0.2) is 36.7 Å². The summed E-state index contributed by atoms with van der Waals surface area (Å²) in [5.74, 6) is 1.27. The van der Waals surface area contributed by atoms with Crippen molar-refractivity contribution in [2.75, 3.05) is 23.7 Å². The Balaban J connectivity index is 1.20. The zero-order valence-corrected chi connectivity index (χ0v) is 25.5. The zero-order chi connectivity index (χ0) is 31.5. The van der Waals surface area contributed by atoms with Gasteiger partial charge in [0, 0.05) is 31.7 Å². The van der Waals surface area contributed by atoms with Gasteiger partial charge in [-0.05, 0) is 37.0 Å². The minimum Gasteiger partial charge on any atom is -0.457 e. The lowest BCUT2D eigenvalue weighted by Crippen LogP contribution is -2.34. The fourth-order valence-corrected chi connectivity index (χ4v) is 6.65. The smallest absolute Gasteiger partial charge is 0.293 e. The highest BCUT2D eigenvalue weighted by molar-refractivity contribution is 5.84. The van der Waals surface area contributed by atoms with E-state index in [-0.39, 0.29) is 24.4 Å². The van der Waals surface area contributed by atoms with Gasteiger partial charge in [0.1, 0.15) is 0 Å². The van der Waals surface area contributed by atoms with Gasteiger partial charge in [0.15, 0.2) is 41.5 Å². The molecular formula is C30H37N11O5. The van der Waals surface area contributed by atoms with Crippen LogP contribution in [0.3, 0.4) is 0 Å². The Kier molecular flexibility index (Phi) is 8.70. The molecule has 2 aliphatic heterocycles. The Morgan fingerprint density at radius 1 is 1.00 bits per heavy atom. The first-order chi connectivity index (χ1) is 22.6. The number of likely N-dealkylation sites (tertiary alicyclic amines) is 1. The molecule has 1 unspecified atom stereocenters. The first kappa shape index (κ1) is 30.0. The van der Waals surface area contributed by atoms with E-state index in [9.17, 15) is 9.59 Å². The van der Waals surface area contributed by atoms with Gasteiger partial charge in [-0.15, -0.1) is 10.2 Å². The van der Waals surface area contributed by atoms with E-state index in [0.29, 0.717) is 35.9 Å². The van der Waals surface area contributed by atoms with Gasteiger partial charge in [0.05, 0.1) is 12.9 Å². The van der Waals surface area contributed by atoms with Crippen molar-refractivity contribution in [1.82, 2.24) is 44.6 Å². The molecule has 7 rings (SSSR count). The molecule has 2 N–H and O–H groups in total. The maximum atomic E-state index is 11.7. The van der Waals surface area contributed by atoms with Gasteiger partial charge in [-0.1, -0.05) is 43.2 Å². The lowest BCUT2D eigenvalue weighted by Gasteiger charge is -2.21. The molecule has 1 aliphatic carbocycles. The second kappa shape index (κ2) is 13.3. The normalized spacial score (nSPS) is 25.2. The summed E-state index contributed by atoms with van der Waals surface area (Å²) in [4.78, 5) is 41.5. The average Bonchev–Trinajstić information content (AvgIpc) is 3.91. The van der Waals surface area contributed by atoms with E-state index in [0.717, 1.165) is 51.7 Å². The van der Waals surface area contributed by atoms with Crippen molar-refractivity contribution < 1.29 is 23.8 Å². The fraction of sp³-hybridized carbons (Fsp3) is 0.533. The maximum absolute atomic E-state index is 11.7. The van der Waals surface area contributed by atoms with E-state index in [1.165, 1.54) is 10.4 Å². The van der Waals surface area contributed by atoms with E-state index in [1.807, 2.05) is 13.0 Å². The summed E-state index contributed by atoms with van der Waals surface area (Å²) in [5.41, 5.74) is 2.30. The van der Waals surface area contributed by atoms with Crippen LogP contribution < -0.4 is 10.6 Å². The number of rotatable bonds is 13. The Labute approximate surface area is 264 Å². The van der Waals surface area contributed by atoms with E-state index >= 15 is 0 Å². The van der Waals surface area contributed by atoms with Gasteiger partial charge in [0.2, 0.25) is 11.8 Å². The van der Waals surface area contributed by atoms with Gasteiger partial charge in [0.25, 0.3) is 12.9 Å². The number of ether oxygens (including phenoxy) is 3. The van der Waals surface area contributed by atoms with E-state index in [4.69, 9.17) is 24.2 Å². The van der Waals surface area contributed by atoms with Crippen LogP contribution in [0.5, 0.6) is 0 Å². The quantitative estimate of drug-likeness (QED) is 0.205. The predicted molar refractivity (Wildman–Crippen MR) is 163 cm³/mol. The van der Waals surface area contributed by atoms with Crippen LogP contribution in [0.1, 0.15) is 62.7 Å². The molecule has 0 amide bonds. The summed E-state index contributed by atoms with van der Waals surface area (Å²) in [6, 6.07) is 10.9. The van der Waals surface area contributed by atoms with Crippen LogP contribution in [0.4, 0.5) is 11.8 Å². The first-order valence-corrected chi connectivity index (χ1v) is 15.8. The summed E-state index contributed by atoms with van der Waals surface area (Å²) in [6.45, 7) is 5.62. The molecule has 1 saturated carbocycles. The van der Waals surface area contributed by atoms with Crippen LogP contribution in [-0.2, 0) is 36.9 Å². The third-order valence-electron chi connectivity index (χ3n) is 8.87. The van der Waals surface area contributed by atoms with Crippen molar-refractivity contribution in [2.45, 2.75) is 88.7 Å². The predicted octanol–water partition coefficient (Wildman–Crippen LogP) is 2.23. The molecule has 3 aromatic heterocycles. The highest BCUT2D eigenvalue weighted by Gasteiger charge is 2.52. The van der Waals surface area contributed by atoms with Crippen molar-refractivity contribution in [3.63, 3.8) is 0 Å². The number of nitrogens with zero attached hydrogens (tertiary/aromatic N) is 9. The van der Waals surface area contributed by atoms with Gasteiger partial charge in [-0.3, -0.25) is 19.1 Å². The third-order valence-corrected chi connectivity index (χ3v) is 8.87. The number of aromatic nitrogens is 8. The zero-order valence-electron chi connectivity index (χ0n) is 25.5. The van der Waals surface area contributed by atoms with E-state index in [2.05, 4.69) is 60.2 Å². The van der Waals surface area contributed by atoms with Crippen LogP contribution in [0.25, 0.3) is 11.2 Å². The second-order valence-electron chi connectivity index (χ2n) is 11.9. The Hall–Kier alpha value is -4.70. The number of aryl methyl sites for hydroxylation is 1. The molecule has 3 aliphatic rings. The summed E-state index contributed by atoms with van der Waals surface area (Å²) in [7, 11) is 0. The number of anilines is 2. The van der Waals surface area contributed by atoms with Crippen molar-refractivity contribution in [3.8, 4) is 0 Å². The van der Waals surface area contributed by atoms with Crippen molar-refractivity contribution in [2.24, 2.45) is 0 Å². The standard InChI is InChI=1S/C30H37N11O5/c1-2-41-37-27(36-38-41)24-23(44-17-42)25(45-18-43)29(46-24)40-16-31-22-26(32-20-10-6-7-11-20)34-30(35-28(22)40)33-21-12-13-39(15-21)14-19-8-4-3-5-9-19/h3-5,8-9,16-18,20-21,23-25,29H,2,6-7,10-15H2,1H3,(H2,32,33,34,35)/t21?,23-,24+,25-,29-/m1/s1. The van der Waals surface area contributed by atoms with Gasteiger partial charge >= 0.3 is 0 Å². The number of nitrogens with one attached hydrogen (secondary N) is 2. The lowest BCUT2D eigenvalue weighted by atomic mass is 10.1. The number of hydrogen-bond acceptors (Lipinski definition) is 14. The molecule has 0 bridgehead atoms. The minimum absolute atomic E-state index is 0.146. The summed E-state index contributed by atoms with van der Waals surface area (Å²) in [5, 5.41) is 19.6. The number of fused-ring (bicyclic) bond motifs is 1. The molecule has 16 heteroatoms. The first-order valence-electron chi connectivity index (χ1n) is 15.8. The molecule has 46 heavy (non-hydrogen) atoms. The number of hydrogen-bond donors (Lipinski definition) is 2. The van der Waals surface area contributed by atoms with Gasteiger partial charge in [-0.25, -0.2) is 4.98 Å². The summed E-state index contributed by atoms with van der Waals surface area (Å²) >= 11 is 0. The van der Waals surface area contributed by atoms with Crippen LogP contribution in [-0.4, -0.2) is 95.0 Å². The van der Waals surface area contributed by atoms with E-state index < -0.39 is 24.5 Å². The Morgan fingerprint density at radius 2 is 1.80 bits per heavy atom.